The standard InChI is InChI=1S/C13H20N2O3S/c1-4-19(17,18)15-12-7-5-6-11(8-12)13(16)14-9-10(2)3/h5-8,10,15H,4,9H2,1-3H3,(H,14,16). The third-order valence-corrected chi connectivity index (χ3v) is 3.76. The maximum atomic E-state index is 11.8. The van der Waals surface area contributed by atoms with Gasteiger partial charge in [-0.1, -0.05) is 19.9 Å². The summed E-state index contributed by atoms with van der Waals surface area (Å²) in [6.07, 6.45) is 0. The Morgan fingerprint density at radius 2 is 2.00 bits per heavy atom. The normalized spacial score (nSPS) is 11.4. The average molecular weight is 284 g/mol. The average Bonchev–Trinajstić information content (AvgIpc) is 2.35. The highest BCUT2D eigenvalue weighted by Gasteiger charge is 2.10. The van der Waals surface area contributed by atoms with E-state index in [0.717, 1.165) is 0 Å². The molecule has 0 radical (unpaired) electrons. The number of carbonyl (C=O) groups excluding carboxylic acids is 1. The van der Waals surface area contributed by atoms with Crippen molar-refractivity contribution in [3.8, 4) is 0 Å². The van der Waals surface area contributed by atoms with Crippen LogP contribution < -0.4 is 10.0 Å². The van der Waals surface area contributed by atoms with E-state index in [0.29, 0.717) is 23.7 Å². The van der Waals surface area contributed by atoms with Crippen LogP contribution >= 0.6 is 0 Å². The highest BCUT2D eigenvalue weighted by molar-refractivity contribution is 7.92. The van der Waals surface area contributed by atoms with Crippen LogP contribution in [0.1, 0.15) is 31.1 Å². The predicted octanol–water partition coefficient (Wildman–Crippen LogP) is 1.83. The first-order valence-corrected chi connectivity index (χ1v) is 7.88. The van der Waals surface area contributed by atoms with Crippen LogP contribution in [0.4, 0.5) is 5.69 Å². The molecule has 0 saturated carbocycles. The van der Waals surface area contributed by atoms with Gasteiger partial charge >= 0.3 is 0 Å². The molecule has 0 aromatic heterocycles. The molecular weight excluding hydrogens is 264 g/mol. The van der Waals surface area contributed by atoms with E-state index >= 15 is 0 Å². The van der Waals surface area contributed by atoms with Gasteiger partial charge in [-0.3, -0.25) is 9.52 Å². The minimum absolute atomic E-state index is 0.00320. The van der Waals surface area contributed by atoms with Gasteiger partial charge in [-0.05, 0) is 31.0 Å². The van der Waals surface area contributed by atoms with Crippen LogP contribution in [0.2, 0.25) is 0 Å². The van der Waals surface area contributed by atoms with Gasteiger partial charge in [0.2, 0.25) is 10.0 Å². The number of sulfonamides is 1. The van der Waals surface area contributed by atoms with Crippen molar-refractivity contribution in [2.75, 3.05) is 17.0 Å². The van der Waals surface area contributed by atoms with Gasteiger partial charge in [0.15, 0.2) is 0 Å². The summed E-state index contributed by atoms with van der Waals surface area (Å²) < 4.78 is 25.3. The van der Waals surface area contributed by atoms with Crippen LogP contribution in [0.25, 0.3) is 0 Å². The fraction of sp³-hybridized carbons (Fsp3) is 0.462. The number of hydrogen-bond acceptors (Lipinski definition) is 3. The van der Waals surface area contributed by atoms with E-state index in [2.05, 4.69) is 10.0 Å². The number of rotatable bonds is 6. The van der Waals surface area contributed by atoms with Gasteiger partial charge in [0.1, 0.15) is 0 Å². The van der Waals surface area contributed by atoms with Gasteiger partial charge in [-0.25, -0.2) is 8.42 Å². The monoisotopic (exact) mass is 284 g/mol. The lowest BCUT2D eigenvalue weighted by atomic mass is 10.1. The minimum atomic E-state index is -3.32. The number of benzene rings is 1. The quantitative estimate of drug-likeness (QED) is 0.837. The van der Waals surface area contributed by atoms with Crippen molar-refractivity contribution in [3.63, 3.8) is 0 Å². The Balaban J connectivity index is 2.80. The SMILES string of the molecule is CCS(=O)(=O)Nc1cccc(C(=O)NCC(C)C)c1. The lowest BCUT2D eigenvalue weighted by molar-refractivity contribution is 0.0949. The molecule has 0 heterocycles. The fourth-order valence-corrected chi connectivity index (χ4v) is 2.00. The van der Waals surface area contributed by atoms with E-state index in [4.69, 9.17) is 0 Å². The summed E-state index contributed by atoms with van der Waals surface area (Å²) in [5, 5.41) is 2.79. The summed E-state index contributed by atoms with van der Waals surface area (Å²) in [6, 6.07) is 6.45. The molecule has 19 heavy (non-hydrogen) atoms. The number of carbonyl (C=O) groups is 1. The second-order valence-electron chi connectivity index (χ2n) is 4.69. The molecule has 0 aliphatic heterocycles. The molecule has 106 valence electrons. The molecule has 0 fully saturated rings. The zero-order valence-electron chi connectivity index (χ0n) is 11.4. The molecule has 0 atom stereocenters. The fourth-order valence-electron chi connectivity index (χ4n) is 1.37. The molecule has 0 spiro atoms. The van der Waals surface area contributed by atoms with Gasteiger partial charge in [-0.2, -0.15) is 0 Å². The van der Waals surface area contributed by atoms with Gasteiger partial charge in [0, 0.05) is 17.8 Å². The summed E-state index contributed by atoms with van der Waals surface area (Å²) in [5.74, 6) is 0.161. The van der Waals surface area contributed by atoms with Crippen LogP contribution in [-0.2, 0) is 10.0 Å². The smallest absolute Gasteiger partial charge is 0.251 e. The molecule has 0 bridgehead atoms. The first kappa shape index (κ1) is 15.5. The Kier molecular flexibility index (Phi) is 5.35. The van der Waals surface area contributed by atoms with Crippen molar-refractivity contribution >= 4 is 21.6 Å². The Labute approximate surface area is 114 Å². The maximum absolute atomic E-state index is 11.8. The summed E-state index contributed by atoms with van der Waals surface area (Å²) >= 11 is 0. The van der Waals surface area contributed by atoms with Crippen molar-refractivity contribution in [1.82, 2.24) is 5.32 Å². The van der Waals surface area contributed by atoms with Crippen LogP contribution in [0.3, 0.4) is 0 Å². The van der Waals surface area contributed by atoms with Crippen molar-refractivity contribution in [3.05, 3.63) is 29.8 Å². The van der Waals surface area contributed by atoms with Crippen LogP contribution in [0.15, 0.2) is 24.3 Å². The predicted molar refractivity (Wildman–Crippen MR) is 76.7 cm³/mol. The zero-order chi connectivity index (χ0) is 14.5. The lowest BCUT2D eigenvalue weighted by Crippen LogP contribution is -2.27. The minimum Gasteiger partial charge on any atom is -0.352 e. The molecule has 6 heteroatoms. The van der Waals surface area contributed by atoms with Crippen molar-refractivity contribution in [1.29, 1.82) is 0 Å². The third-order valence-electron chi connectivity index (χ3n) is 2.45. The first-order valence-electron chi connectivity index (χ1n) is 6.23. The molecule has 0 aliphatic rings. The van der Waals surface area contributed by atoms with Crippen LogP contribution in [0, 0.1) is 5.92 Å². The second-order valence-corrected chi connectivity index (χ2v) is 6.70. The summed E-state index contributed by atoms with van der Waals surface area (Å²) in [4.78, 5) is 11.8. The topological polar surface area (TPSA) is 75.3 Å². The Morgan fingerprint density at radius 3 is 2.58 bits per heavy atom. The van der Waals surface area contributed by atoms with E-state index in [-0.39, 0.29) is 11.7 Å². The molecule has 2 N–H and O–H groups in total. The number of hydrogen-bond donors (Lipinski definition) is 2. The van der Waals surface area contributed by atoms with Crippen molar-refractivity contribution < 1.29 is 13.2 Å². The first-order chi connectivity index (χ1) is 8.84. The van der Waals surface area contributed by atoms with E-state index < -0.39 is 10.0 Å². The van der Waals surface area contributed by atoms with Gasteiger partial charge in [-0.15, -0.1) is 0 Å². The summed E-state index contributed by atoms with van der Waals surface area (Å²) in [6.45, 7) is 6.16. The van der Waals surface area contributed by atoms with Crippen LogP contribution in [-0.4, -0.2) is 26.6 Å². The lowest BCUT2D eigenvalue weighted by Gasteiger charge is -2.10. The highest BCUT2D eigenvalue weighted by Crippen LogP contribution is 2.12. The summed E-state index contributed by atoms with van der Waals surface area (Å²) in [7, 11) is -3.32. The highest BCUT2D eigenvalue weighted by atomic mass is 32.2. The van der Waals surface area contributed by atoms with E-state index in [9.17, 15) is 13.2 Å². The Bertz CT molecular complexity index is 539. The van der Waals surface area contributed by atoms with Crippen LogP contribution in [0.5, 0.6) is 0 Å². The molecule has 0 unspecified atom stereocenters. The number of nitrogens with one attached hydrogen (secondary N) is 2. The van der Waals surface area contributed by atoms with Gasteiger partial charge in [0.05, 0.1) is 5.75 Å². The summed E-state index contributed by atoms with van der Waals surface area (Å²) in [5.41, 5.74) is 0.844. The van der Waals surface area contributed by atoms with Crippen molar-refractivity contribution in [2.24, 2.45) is 5.92 Å². The van der Waals surface area contributed by atoms with E-state index in [1.54, 1.807) is 25.1 Å². The number of amides is 1. The maximum Gasteiger partial charge on any atom is 0.251 e. The van der Waals surface area contributed by atoms with Gasteiger partial charge < -0.3 is 5.32 Å². The van der Waals surface area contributed by atoms with Gasteiger partial charge in [0.25, 0.3) is 5.91 Å². The largest absolute Gasteiger partial charge is 0.352 e. The van der Waals surface area contributed by atoms with E-state index in [1.807, 2.05) is 13.8 Å². The molecule has 0 aliphatic carbocycles. The molecule has 1 rings (SSSR count). The molecule has 1 aromatic rings. The second kappa shape index (κ2) is 6.56. The number of anilines is 1. The molecule has 0 saturated heterocycles. The zero-order valence-corrected chi connectivity index (χ0v) is 12.3. The Morgan fingerprint density at radius 1 is 1.32 bits per heavy atom. The van der Waals surface area contributed by atoms with Crippen molar-refractivity contribution in [2.45, 2.75) is 20.8 Å². The van der Waals surface area contributed by atoms with E-state index in [1.165, 1.54) is 6.07 Å². The Hall–Kier alpha value is -1.56. The molecular formula is C13H20N2O3S. The molecule has 1 aromatic carbocycles. The third kappa shape index (κ3) is 5.30. The molecule has 1 amide bonds. The molecule has 5 nitrogen and oxygen atoms in total.